The van der Waals surface area contributed by atoms with Crippen LogP contribution in [0.2, 0.25) is 5.02 Å². The van der Waals surface area contributed by atoms with Gasteiger partial charge >= 0.3 is 0 Å². The monoisotopic (exact) mass is 468 g/mol. The number of benzene rings is 2. The number of hydrogen-bond donors (Lipinski definition) is 2. The number of hydrogen-bond acceptors (Lipinski definition) is 6. The zero-order valence-corrected chi connectivity index (χ0v) is 18.4. The third-order valence-corrected chi connectivity index (χ3v) is 6.07. The van der Waals surface area contributed by atoms with E-state index in [0.29, 0.717) is 39.0 Å². The number of nitrogens with two attached hydrogens (primary N) is 1. The third-order valence-electron chi connectivity index (χ3n) is 5.78. The molecule has 168 valence electrons. The number of carbonyl (C=O) groups is 1. The van der Waals surface area contributed by atoms with Crippen molar-refractivity contribution in [3.63, 3.8) is 0 Å². The number of carbonyl (C=O) groups excluding carboxylic acids is 1. The minimum absolute atomic E-state index is 0.0805. The van der Waals surface area contributed by atoms with Crippen LogP contribution >= 0.6 is 11.6 Å². The molecule has 1 aliphatic heterocycles. The van der Waals surface area contributed by atoms with Crippen molar-refractivity contribution < 1.29 is 13.9 Å². The van der Waals surface area contributed by atoms with Crippen molar-refractivity contribution in [2.24, 2.45) is 12.8 Å². The second-order valence-electron chi connectivity index (χ2n) is 7.60. The van der Waals surface area contributed by atoms with E-state index in [2.05, 4.69) is 15.3 Å². The highest BCUT2D eigenvalue weighted by Crippen LogP contribution is 2.41. The Balaban J connectivity index is 1.65. The van der Waals surface area contributed by atoms with E-state index in [1.54, 1.807) is 36.1 Å². The number of aromatic nitrogens is 4. The minimum Gasteiger partial charge on any atom is -0.492 e. The molecule has 0 aliphatic carbocycles. The quantitative estimate of drug-likeness (QED) is 0.475. The van der Waals surface area contributed by atoms with Crippen molar-refractivity contribution in [1.29, 1.82) is 0 Å². The molecular formula is C22H18ClFN6O3. The molecule has 11 heteroatoms. The molecule has 2 aromatic heterocycles. The molecule has 1 aliphatic rings. The molecule has 33 heavy (non-hydrogen) atoms. The molecule has 2 aromatic carbocycles. The number of anilines is 1. The van der Waals surface area contributed by atoms with Gasteiger partial charge in [-0.05, 0) is 29.3 Å². The zero-order valence-electron chi connectivity index (χ0n) is 17.6. The fourth-order valence-electron chi connectivity index (χ4n) is 4.24. The average Bonchev–Trinajstić information content (AvgIpc) is 3.33. The van der Waals surface area contributed by atoms with Crippen LogP contribution in [0.25, 0.3) is 21.9 Å². The number of halogens is 2. The fraction of sp³-hybridized carbons (Fsp3) is 0.182. The highest BCUT2D eigenvalue weighted by atomic mass is 35.5. The van der Waals surface area contributed by atoms with E-state index < -0.39 is 11.7 Å². The van der Waals surface area contributed by atoms with Crippen molar-refractivity contribution in [2.45, 2.75) is 13.1 Å². The topological polar surface area (TPSA) is 119 Å². The molecule has 0 saturated heterocycles. The van der Waals surface area contributed by atoms with Crippen molar-refractivity contribution in [3.05, 3.63) is 68.5 Å². The van der Waals surface area contributed by atoms with Crippen molar-refractivity contribution >= 4 is 34.1 Å². The van der Waals surface area contributed by atoms with Crippen molar-refractivity contribution in [1.82, 2.24) is 20.0 Å². The minimum atomic E-state index is -0.792. The first-order chi connectivity index (χ1) is 15.8. The number of H-pyrrole nitrogens is 1. The average molecular weight is 469 g/mol. The van der Waals surface area contributed by atoms with E-state index in [-0.39, 0.29) is 35.0 Å². The summed E-state index contributed by atoms with van der Waals surface area (Å²) in [6.45, 7) is 0.253. The number of aromatic amines is 1. The lowest BCUT2D eigenvalue weighted by Gasteiger charge is -2.18. The summed E-state index contributed by atoms with van der Waals surface area (Å²) in [5, 5.41) is 11.9. The Morgan fingerprint density at radius 1 is 1.27 bits per heavy atom. The van der Waals surface area contributed by atoms with Crippen LogP contribution in [0, 0.1) is 5.82 Å². The first kappa shape index (κ1) is 21.1. The summed E-state index contributed by atoms with van der Waals surface area (Å²) in [6, 6.07) is 6.75. The number of ether oxygens (including phenoxy) is 1. The fourth-order valence-corrected chi connectivity index (χ4v) is 4.53. The second-order valence-corrected chi connectivity index (χ2v) is 8.01. The highest BCUT2D eigenvalue weighted by molar-refractivity contribution is 6.32. The second kappa shape index (κ2) is 7.68. The summed E-state index contributed by atoms with van der Waals surface area (Å²) in [5.74, 6) is -1.02. The standard InChI is InChI=1S/C22H18ClFN6O3/c1-29-21(30-9-11-6-15(23)19(33-2)18(24)17(11)22(30)32)14(8-26-29)10-3-4-12-13(5-10)16(7-25)27-28-20(12)31/h3-6,8H,7,9,25H2,1-2H3,(H,28,31). The van der Waals surface area contributed by atoms with Crippen molar-refractivity contribution in [2.75, 3.05) is 12.0 Å². The molecule has 0 unspecified atom stereocenters. The summed E-state index contributed by atoms with van der Waals surface area (Å²) in [6.07, 6.45) is 1.61. The van der Waals surface area contributed by atoms with E-state index in [0.717, 1.165) is 0 Å². The number of aryl methyl sites for hydroxylation is 1. The summed E-state index contributed by atoms with van der Waals surface area (Å²) < 4.78 is 21.6. The van der Waals surface area contributed by atoms with Crippen LogP contribution in [0.5, 0.6) is 5.75 Å². The molecular weight excluding hydrogens is 451 g/mol. The zero-order chi connectivity index (χ0) is 23.4. The lowest BCUT2D eigenvalue weighted by Crippen LogP contribution is -2.26. The Hall–Kier alpha value is -3.76. The van der Waals surface area contributed by atoms with Crippen LogP contribution in [-0.2, 0) is 20.1 Å². The molecule has 0 atom stereocenters. The summed E-state index contributed by atoms with van der Waals surface area (Å²) in [4.78, 5) is 26.9. The largest absolute Gasteiger partial charge is 0.492 e. The Morgan fingerprint density at radius 2 is 2.06 bits per heavy atom. The molecule has 4 aromatic rings. The summed E-state index contributed by atoms with van der Waals surface area (Å²) in [7, 11) is 2.99. The van der Waals surface area contributed by atoms with Gasteiger partial charge in [-0.25, -0.2) is 9.49 Å². The molecule has 3 N–H and O–H groups in total. The molecule has 1 amide bonds. The van der Waals surface area contributed by atoms with E-state index in [9.17, 15) is 14.0 Å². The third kappa shape index (κ3) is 3.10. The molecule has 3 heterocycles. The van der Waals surface area contributed by atoms with E-state index in [1.807, 2.05) is 0 Å². The van der Waals surface area contributed by atoms with Gasteiger partial charge in [0.05, 0.1) is 41.5 Å². The van der Waals surface area contributed by atoms with Crippen LogP contribution in [0.15, 0.2) is 35.3 Å². The van der Waals surface area contributed by atoms with Gasteiger partial charge in [-0.15, -0.1) is 0 Å². The van der Waals surface area contributed by atoms with Gasteiger partial charge in [0, 0.05) is 24.5 Å². The predicted molar refractivity (Wildman–Crippen MR) is 121 cm³/mol. The van der Waals surface area contributed by atoms with Crippen LogP contribution in [0.1, 0.15) is 21.6 Å². The maximum Gasteiger partial charge on any atom is 0.272 e. The molecule has 5 rings (SSSR count). The van der Waals surface area contributed by atoms with Gasteiger partial charge in [-0.2, -0.15) is 10.2 Å². The number of rotatable bonds is 4. The normalized spacial score (nSPS) is 13.1. The smallest absolute Gasteiger partial charge is 0.272 e. The Morgan fingerprint density at radius 3 is 2.79 bits per heavy atom. The Labute approximate surface area is 191 Å². The van der Waals surface area contributed by atoms with E-state index in [4.69, 9.17) is 22.1 Å². The number of fused-ring (bicyclic) bond motifs is 2. The SMILES string of the molecule is COc1c(Cl)cc2c(c1F)C(=O)N(c1c(-c3ccc4c(=O)[nH]nc(CN)c4c3)cnn1C)C2. The van der Waals surface area contributed by atoms with Gasteiger partial charge in [0.15, 0.2) is 11.6 Å². The van der Waals surface area contributed by atoms with Gasteiger partial charge < -0.3 is 10.5 Å². The maximum absolute atomic E-state index is 15.0. The molecule has 0 radical (unpaired) electrons. The summed E-state index contributed by atoms with van der Waals surface area (Å²) in [5.41, 5.74) is 7.70. The van der Waals surface area contributed by atoms with Gasteiger partial charge in [0.1, 0.15) is 5.82 Å². The van der Waals surface area contributed by atoms with E-state index >= 15 is 0 Å². The van der Waals surface area contributed by atoms with Gasteiger partial charge in [0.25, 0.3) is 11.5 Å². The molecule has 0 spiro atoms. The van der Waals surface area contributed by atoms with Crippen LogP contribution in [-0.4, -0.2) is 33.0 Å². The molecule has 9 nitrogen and oxygen atoms in total. The maximum atomic E-state index is 15.0. The lowest BCUT2D eigenvalue weighted by atomic mass is 10.0. The highest BCUT2D eigenvalue weighted by Gasteiger charge is 2.37. The van der Waals surface area contributed by atoms with Crippen LogP contribution < -0.4 is 20.9 Å². The number of nitrogens with one attached hydrogen (secondary N) is 1. The summed E-state index contributed by atoms with van der Waals surface area (Å²) >= 11 is 6.13. The first-order valence-electron chi connectivity index (χ1n) is 9.96. The van der Waals surface area contributed by atoms with Crippen LogP contribution in [0.4, 0.5) is 10.2 Å². The predicted octanol–water partition coefficient (Wildman–Crippen LogP) is 2.74. The van der Waals surface area contributed by atoms with Crippen molar-refractivity contribution in [3.8, 4) is 16.9 Å². The number of nitrogens with zero attached hydrogens (tertiary/aromatic N) is 4. The van der Waals surface area contributed by atoms with Gasteiger partial charge in [0.2, 0.25) is 0 Å². The Kier molecular flexibility index (Phi) is 4.91. The van der Waals surface area contributed by atoms with E-state index in [1.165, 1.54) is 18.1 Å². The van der Waals surface area contributed by atoms with Gasteiger partial charge in [-0.1, -0.05) is 17.7 Å². The first-order valence-corrected chi connectivity index (χ1v) is 10.3. The molecule has 0 saturated carbocycles. The lowest BCUT2D eigenvalue weighted by molar-refractivity contribution is 0.0991. The number of amides is 1. The van der Waals surface area contributed by atoms with Gasteiger partial charge in [-0.3, -0.25) is 19.2 Å². The molecule has 0 fully saturated rings. The Bertz CT molecular complexity index is 1510. The van der Waals surface area contributed by atoms with Crippen LogP contribution in [0.3, 0.4) is 0 Å². The number of methoxy groups -OCH3 is 1. The molecule has 0 bridgehead atoms.